The average Bonchev–Trinajstić information content (AvgIpc) is 2.92. The molecule has 0 atom stereocenters. The van der Waals surface area contributed by atoms with Gasteiger partial charge in [0, 0.05) is 13.1 Å². The van der Waals surface area contributed by atoms with Crippen LogP contribution in [0.15, 0.2) is 12.5 Å². The Morgan fingerprint density at radius 1 is 1.36 bits per heavy atom. The minimum absolute atomic E-state index is 0.0980. The predicted molar refractivity (Wildman–Crippen MR) is 81.8 cm³/mol. The smallest absolute Gasteiger partial charge is 0.410 e. The SMILES string of the molecule is CC(C)OC(=O)N1CCC(n2ncc3c(Cl)ncnc32)CC1. The third kappa shape index (κ3) is 2.85. The molecule has 8 heteroatoms. The molecule has 1 fully saturated rings. The Morgan fingerprint density at radius 3 is 2.77 bits per heavy atom. The zero-order chi connectivity index (χ0) is 15.7. The molecule has 0 aromatic carbocycles. The number of nitrogens with zero attached hydrogens (tertiary/aromatic N) is 5. The number of fused-ring (bicyclic) bond motifs is 1. The van der Waals surface area contributed by atoms with E-state index in [2.05, 4.69) is 15.1 Å². The minimum atomic E-state index is -0.246. The maximum Gasteiger partial charge on any atom is 0.410 e. The van der Waals surface area contributed by atoms with Crippen LogP contribution in [-0.4, -0.2) is 49.9 Å². The van der Waals surface area contributed by atoms with Crippen LogP contribution >= 0.6 is 11.6 Å². The molecule has 1 aliphatic heterocycles. The summed E-state index contributed by atoms with van der Waals surface area (Å²) in [5.74, 6) is 0. The van der Waals surface area contributed by atoms with E-state index in [4.69, 9.17) is 16.3 Å². The Hall–Kier alpha value is -1.89. The highest BCUT2D eigenvalue weighted by atomic mass is 35.5. The van der Waals surface area contributed by atoms with Crippen molar-refractivity contribution in [2.45, 2.75) is 38.8 Å². The van der Waals surface area contributed by atoms with Gasteiger partial charge in [-0.3, -0.25) is 0 Å². The Kier molecular flexibility index (Phi) is 4.15. The summed E-state index contributed by atoms with van der Waals surface area (Å²) < 4.78 is 7.11. The van der Waals surface area contributed by atoms with E-state index in [-0.39, 0.29) is 18.2 Å². The first-order valence-electron chi connectivity index (χ1n) is 7.35. The van der Waals surface area contributed by atoms with Gasteiger partial charge in [-0.2, -0.15) is 5.10 Å². The predicted octanol–water partition coefficient (Wildman–Crippen LogP) is 2.66. The molecule has 3 rings (SSSR count). The molecular formula is C14H18ClN5O2. The van der Waals surface area contributed by atoms with Crippen molar-refractivity contribution < 1.29 is 9.53 Å². The molecule has 7 nitrogen and oxygen atoms in total. The van der Waals surface area contributed by atoms with Gasteiger partial charge < -0.3 is 9.64 Å². The van der Waals surface area contributed by atoms with E-state index in [0.717, 1.165) is 23.9 Å². The highest BCUT2D eigenvalue weighted by Gasteiger charge is 2.27. The van der Waals surface area contributed by atoms with Crippen molar-refractivity contribution in [3.63, 3.8) is 0 Å². The van der Waals surface area contributed by atoms with Gasteiger partial charge in [0.05, 0.1) is 23.7 Å². The van der Waals surface area contributed by atoms with Gasteiger partial charge in [-0.1, -0.05) is 11.6 Å². The van der Waals surface area contributed by atoms with Gasteiger partial charge in [0.1, 0.15) is 11.5 Å². The lowest BCUT2D eigenvalue weighted by Crippen LogP contribution is -2.40. The lowest BCUT2D eigenvalue weighted by molar-refractivity contribution is 0.0656. The van der Waals surface area contributed by atoms with Crippen molar-refractivity contribution in [3.05, 3.63) is 17.7 Å². The zero-order valence-corrected chi connectivity index (χ0v) is 13.3. The Balaban J connectivity index is 1.71. The number of carbonyl (C=O) groups is 1. The van der Waals surface area contributed by atoms with Crippen molar-refractivity contribution in [2.75, 3.05) is 13.1 Å². The maximum atomic E-state index is 11.9. The summed E-state index contributed by atoms with van der Waals surface area (Å²) in [6, 6.07) is 0.201. The van der Waals surface area contributed by atoms with E-state index >= 15 is 0 Å². The minimum Gasteiger partial charge on any atom is -0.447 e. The number of amides is 1. The van der Waals surface area contributed by atoms with E-state index in [1.54, 1.807) is 11.1 Å². The van der Waals surface area contributed by atoms with Crippen molar-refractivity contribution >= 4 is 28.7 Å². The average molecular weight is 324 g/mol. The fraction of sp³-hybridized carbons (Fsp3) is 0.571. The Bertz CT molecular complexity index is 679. The second-order valence-corrected chi connectivity index (χ2v) is 6.00. The number of carbonyl (C=O) groups excluding carboxylic acids is 1. The third-order valence-corrected chi connectivity index (χ3v) is 4.05. The van der Waals surface area contributed by atoms with Gasteiger partial charge in [-0.25, -0.2) is 19.4 Å². The molecule has 2 aromatic rings. The number of halogens is 1. The molecule has 0 spiro atoms. The van der Waals surface area contributed by atoms with Gasteiger partial charge in [0.15, 0.2) is 5.65 Å². The number of hydrogen-bond donors (Lipinski definition) is 0. The molecule has 0 radical (unpaired) electrons. The first-order chi connectivity index (χ1) is 10.6. The fourth-order valence-corrected chi connectivity index (χ4v) is 2.85. The molecule has 0 saturated carbocycles. The second-order valence-electron chi connectivity index (χ2n) is 5.64. The number of likely N-dealkylation sites (tertiary alicyclic amines) is 1. The lowest BCUT2D eigenvalue weighted by atomic mass is 10.1. The van der Waals surface area contributed by atoms with Crippen LogP contribution in [0.4, 0.5) is 4.79 Å². The third-order valence-electron chi connectivity index (χ3n) is 3.75. The molecule has 2 aromatic heterocycles. The summed E-state index contributed by atoms with van der Waals surface area (Å²) in [7, 11) is 0. The van der Waals surface area contributed by atoms with Crippen LogP contribution in [0.5, 0.6) is 0 Å². The quantitative estimate of drug-likeness (QED) is 0.794. The summed E-state index contributed by atoms with van der Waals surface area (Å²) in [5, 5.41) is 5.56. The number of hydrogen-bond acceptors (Lipinski definition) is 5. The highest BCUT2D eigenvalue weighted by Crippen LogP contribution is 2.27. The number of aromatic nitrogens is 4. The summed E-state index contributed by atoms with van der Waals surface area (Å²) in [6.07, 6.45) is 4.41. The van der Waals surface area contributed by atoms with E-state index in [9.17, 15) is 4.79 Å². The molecule has 22 heavy (non-hydrogen) atoms. The van der Waals surface area contributed by atoms with Crippen molar-refractivity contribution in [3.8, 4) is 0 Å². The molecule has 3 heterocycles. The van der Waals surface area contributed by atoms with Crippen LogP contribution in [0, 0.1) is 0 Å². The van der Waals surface area contributed by atoms with Crippen molar-refractivity contribution in [1.82, 2.24) is 24.6 Å². The normalized spacial score (nSPS) is 16.5. The topological polar surface area (TPSA) is 73.1 Å². The monoisotopic (exact) mass is 323 g/mol. The van der Waals surface area contributed by atoms with Gasteiger partial charge in [0.25, 0.3) is 0 Å². The van der Waals surface area contributed by atoms with Crippen LogP contribution in [0.2, 0.25) is 5.15 Å². The Labute approximate surface area is 133 Å². The molecule has 0 aliphatic carbocycles. The first-order valence-corrected chi connectivity index (χ1v) is 7.73. The number of piperidine rings is 1. The lowest BCUT2D eigenvalue weighted by Gasteiger charge is -2.31. The summed E-state index contributed by atoms with van der Waals surface area (Å²) in [4.78, 5) is 21.9. The largest absolute Gasteiger partial charge is 0.447 e. The van der Waals surface area contributed by atoms with Crippen LogP contribution < -0.4 is 0 Å². The molecule has 0 N–H and O–H groups in total. The summed E-state index contributed by atoms with van der Waals surface area (Å²) >= 11 is 6.05. The van der Waals surface area contributed by atoms with E-state index in [1.165, 1.54) is 6.33 Å². The number of ether oxygens (including phenoxy) is 1. The van der Waals surface area contributed by atoms with Crippen LogP contribution in [-0.2, 0) is 4.74 Å². The van der Waals surface area contributed by atoms with Crippen LogP contribution in [0.25, 0.3) is 11.0 Å². The van der Waals surface area contributed by atoms with Crippen molar-refractivity contribution in [2.24, 2.45) is 0 Å². The fourth-order valence-electron chi connectivity index (χ4n) is 2.67. The zero-order valence-electron chi connectivity index (χ0n) is 12.6. The van der Waals surface area contributed by atoms with Gasteiger partial charge in [0.2, 0.25) is 0 Å². The molecule has 1 aliphatic rings. The van der Waals surface area contributed by atoms with Crippen LogP contribution in [0.3, 0.4) is 0 Å². The van der Waals surface area contributed by atoms with E-state index < -0.39 is 0 Å². The van der Waals surface area contributed by atoms with Gasteiger partial charge >= 0.3 is 6.09 Å². The molecule has 0 bridgehead atoms. The molecule has 1 amide bonds. The highest BCUT2D eigenvalue weighted by molar-refractivity contribution is 6.33. The van der Waals surface area contributed by atoms with E-state index in [1.807, 2.05) is 18.5 Å². The van der Waals surface area contributed by atoms with Crippen LogP contribution in [0.1, 0.15) is 32.7 Å². The molecular weight excluding hydrogens is 306 g/mol. The van der Waals surface area contributed by atoms with Gasteiger partial charge in [-0.15, -0.1) is 0 Å². The summed E-state index contributed by atoms with van der Waals surface area (Å²) in [6.45, 7) is 5.00. The van der Waals surface area contributed by atoms with Crippen molar-refractivity contribution in [1.29, 1.82) is 0 Å². The summed E-state index contributed by atoms with van der Waals surface area (Å²) in [5.41, 5.74) is 0.739. The molecule has 0 unspecified atom stereocenters. The maximum absolute atomic E-state index is 11.9. The first kappa shape index (κ1) is 15.0. The Morgan fingerprint density at radius 2 is 2.09 bits per heavy atom. The second kappa shape index (κ2) is 6.08. The number of rotatable bonds is 2. The molecule has 1 saturated heterocycles. The van der Waals surface area contributed by atoms with Gasteiger partial charge in [-0.05, 0) is 26.7 Å². The van der Waals surface area contributed by atoms with E-state index in [0.29, 0.717) is 18.2 Å². The standard InChI is InChI=1S/C14H18ClN5O2/c1-9(2)22-14(21)19-5-3-10(4-6-19)20-13-11(7-18-20)12(15)16-8-17-13/h7-10H,3-6H2,1-2H3. The molecule has 118 valence electrons.